The van der Waals surface area contributed by atoms with Gasteiger partial charge in [0.25, 0.3) is 5.91 Å². The molecule has 1 amide bonds. The summed E-state index contributed by atoms with van der Waals surface area (Å²) < 4.78 is 37.7. The number of halogens is 3. The van der Waals surface area contributed by atoms with E-state index in [9.17, 15) is 18.0 Å². The van der Waals surface area contributed by atoms with Crippen LogP contribution in [-0.2, 0) is 12.7 Å². The molecule has 3 aromatic rings. The Morgan fingerprint density at radius 3 is 2.15 bits per heavy atom. The summed E-state index contributed by atoms with van der Waals surface area (Å²) in [5, 5.41) is 5.54. The molecular formula is C19H15F3N4O. The number of hydrogen-bond acceptors (Lipinski definition) is 4. The van der Waals surface area contributed by atoms with Gasteiger partial charge < -0.3 is 10.6 Å². The van der Waals surface area contributed by atoms with E-state index in [1.165, 1.54) is 24.5 Å². The number of carbonyl (C=O) groups is 1. The molecule has 0 radical (unpaired) electrons. The Labute approximate surface area is 153 Å². The minimum absolute atomic E-state index is 0.175. The second-order valence-corrected chi connectivity index (χ2v) is 5.66. The number of nitrogens with one attached hydrogen (secondary N) is 2. The van der Waals surface area contributed by atoms with Crippen molar-refractivity contribution in [2.24, 2.45) is 0 Å². The van der Waals surface area contributed by atoms with Crippen molar-refractivity contribution in [2.45, 2.75) is 12.7 Å². The molecule has 0 bridgehead atoms. The molecule has 1 aromatic heterocycles. The van der Waals surface area contributed by atoms with E-state index in [-0.39, 0.29) is 17.4 Å². The molecule has 0 saturated heterocycles. The molecule has 2 aromatic carbocycles. The van der Waals surface area contributed by atoms with Crippen LogP contribution in [0.3, 0.4) is 0 Å². The van der Waals surface area contributed by atoms with Crippen molar-refractivity contribution in [3.63, 3.8) is 0 Å². The molecule has 138 valence electrons. The third-order valence-electron chi connectivity index (χ3n) is 3.68. The minimum atomic E-state index is -4.39. The van der Waals surface area contributed by atoms with Crippen LogP contribution in [-0.4, -0.2) is 15.9 Å². The number of rotatable bonds is 5. The SMILES string of the molecule is O=C(NCc1ccccc1)c1cnc(Nc2ccc(C(F)(F)F)cc2)nc1. The molecule has 0 spiro atoms. The Balaban J connectivity index is 1.59. The Kier molecular flexibility index (Phi) is 5.35. The summed E-state index contributed by atoms with van der Waals surface area (Å²) in [4.78, 5) is 20.1. The molecular weight excluding hydrogens is 357 g/mol. The lowest BCUT2D eigenvalue weighted by molar-refractivity contribution is -0.137. The van der Waals surface area contributed by atoms with E-state index in [4.69, 9.17) is 0 Å². The highest BCUT2D eigenvalue weighted by atomic mass is 19.4. The van der Waals surface area contributed by atoms with Gasteiger partial charge in [-0.3, -0.25) is 4.79 Å². The number of alkyl halides is 3. The number of carbonyl (C=O) groups excluding carboxylic acids is 1. The van der Waals surface area contributed by atoms with Gasteiger partial charge in [-0.2, -0.15) is 13.2 Å². The van der Waals surface area contributed by atoms with Crippen LogP contribution in [0.1, 0.15) is 21.5 Å². The molecule has 0 aliphatic heterocycles. The maximum Gasteiger partial charge on any atom is 0.416 e. The lowest BCUT2D eigenvalue weighted by atomic mass is 10.2. The predicted octanol–water partition coefficient (Wildman–Crippen LogP) is 4.17. The molecule has 8 heteroatoms. The van der Waals surface area contributed by atoms with Crippen molar-refractivity contribution < 1.29 is 18.0 Å². The van der Waals surface area contributed by atoms with Crippen LogP contribution >= 0.6 is 0 Å². The third-order valence-corrected chi connectivity index (χ3v) is 3.68. The Morgan fingerprint density at radius 2 is 1.56 bits per heavy atom. The summed E-state index contributed by atoms with van der Waals surface area (Å²) in [5.41, 5.74) is 0.917. The first-order valence-electron chi connectivity index (χ1n) is 8.00. The second-order valence-electron chi connectivity index (χ2n) is 5.66. The molecule has 1 heterocycles. The zero-order valence-electron chi connectivity index (χ0n) is 14.0. The van der Waals surface area contributed by atoms with Gasteiger partial charge in [0.2, 0.25) is 5.95 Å². The zero-order valence-corrected chi connectivity index (χ0v) is 14.0. The predicted molar refractivity (Wildman–Crippen MR) is 94.4 cm³/mol. The lowest BCUT2D eigenvalue weighted by Gasteiger charge is -2.09. The normalized spacial score (nSPS) is 11.1. The fourth-order valence-electron chi connectivity index (χ4n) is 2.26. The van der Waals surface area contributed by atoms with Gasteiger partial charge in [-0.05, 0) is 29.8 Å². The average molecular weight is 372 g/mol. The summed E-state index contributed by atoms with van der Waals surface area (Å²) in [6, 6.07) is 13.9. The summed E-state index contributed by atoms with van der Waals surface area (Å²) >= 11 is 0. The zero-order chi connectivity index (χ0) is 19.3. The first-order chi connectivity index (χ1) is 12.9. The molecule has 0 saturated carbocycles. The van der Waals surface area contributed by atoms with E-state index < -0.39 is 11.7 Å². The van der Waals surface area contributed by atoms with Gasteiger partial charge in [0.1, 0.15) is 0 Å². The van der Waals surface area contributed by atoms with E-state index >= 15 is 0 Å². The average Bonchev–Trinajstić information content (AvgIpc) is 2.67. The number of anilines is 2. The van der Waals surface area contributed by atoms with Crippen LogP contribution in [0, 0.1) is 0 Å². The summed E-state index contributed by atoms with van der Waals surface area (Å²) in [6.45, 7) is 0.380. The highest BCUT2D eigenvalue weighted by molar-refractivity contribution is 5.93. The number of hydrogen-bond donors (Lipinski definition) is 2. The van der Waals surface area contributed by atoms with Gasteiger partial charge in [-0.15, -0.1) is 0 Å². The van der Waals surface area contributed by atoms with Crippen molar-refractivity contribution in [3.05, 3.63) is 83.7 Å². The van der Waals surface area contributed by atoms with Crippen LogP contribution in [0.25, 0.3) is 0 Å². The fraction of sp³-hybridized carbons (Fsp3) is 0.105. The van der Waals surface area contributed by atoms with Gasteiger partial charge in [0.05, 0.1) is 11.1 Å². The number of nitrogens with zero attached hydrogens (tertiary/aromatic N) is 2. The highest BCUT2D eigenvalue weighted by Crippen LogP contribution is 2.30. The maximum atomic E-state index is 12.6. The first kappa shape index (κ1) is 18.4. The number of aromatic nitrogens is 2. The van der Waals surface area contributed by atoms with E-state index in [1.54, 1.807) is 0 Å². The minimum Gasteiger partial charge on any atom is -0.348 e. The molecule has 27 heavy (non-hydrogen) atoms. The molecule has 3 rings (SSSR count). The Morgan fingerprint density at radius 1 is 0.926 bits per heavy atom. The fourth-order valence-corrected chi connectivity index (χ4v) is 2.26. The van der Waals surface area contributed by atoms with Crippen molar-refractivity contribution >= 4 is 17.5 Å². The lowest BCUT2D eigenvalue weighted by Crippen LogP contribution is -2.23. The van der Waals surface area contributed by atoms with Gasteiger partial charge in [0, 0.05) is 24.6 Å². The van der Waals surface area contributed by atoms with Crippen molar-refractivity contribution in [2.75, 3.05) is 5.32 Å². The summed E-state index contributed by atoms with van der Waals surface area (Å²) in [6.07, 6.45) is -1.69. The first-order valence-corrected chi connectivity index (χ1v) is 8.00. The Hall–Kier alpha value is -3.42. The van der Waals surface area contributed by atoms with Crippen LogP contribution in [0.4, 0.5) is 24.8 Å². The molecule has 5 nitrogen and oxygen atoms in total. The third kappa shape index (κ3) is 5.04. The van der Waals surface area contributed by atoms with Crippen molar-refractivity contribution in [1.29, 1.82) is 0 Å². The van der Waals surface area contributed by atoms with Gasteiger partial charge >= 0.3 is 6.18 Å². The molecule has 0 fully saturated rings. The van der Waals surface area contributed by atoms with Gasteiger partial charge in [0.15, 0.2) is 0 Å². The second kappa shape index (κ2) is 7.86. The van der Waals surface area contributed by atoms with E-state index in [0.29, 0.717) is 12.2 Å². The molecule has 0 atom stereocenters. The topological polar surface area (TPSA) is 66.9 Å². The van der Waals surface area contributed by atoms with Crippen molar-refractivity contribution in [1.82, 2.24) is 15.3 Å². The number of benzene rings is 2. The summed E-state index contributed by atoms with van der Waals surface area (Å²) in [7, 11) is 0. The quantitative estimate of drug-likeness (QED) is 0.706. The smallest absolute Gasteiger partial charge is 0.348 e. The van der Waals surface area contributed by atoms with Crippen LogP contribution in [0.2, 0.25) is 0 Å². The molecule has 0 aliphatic carbocycles. The van der Waals surface area contributed by atoms with E-state index in [1.807, 2.05) is 30.3 Å². The van der Waals surface area contributed by atoms with Gasteiger partial charge in [-0.25, -0.2) is 9.97 Å². The van der Waals surface area contributed by atoms with E-state index in [2.05, 4.69) is 20.6 Å². The van der Waals surface area contributed by atoms with Crippen molar-refractivity contribution in [3.8, 4) is 0 Å². The molecule has 2 N–H and O–H groups in total. The monoisotopic (exact) mass is 372 g/mol. The van der Waals surface area contributed by atoms with Gasteiger partial charge in [-0.1, -0.05) is 30.3 Å². The summed E-state index contributed by atoms with van der Waals surface area (Å²) in [5.74, 6) is -0.144. The highest BCUT2D eigenvalue weighted by Gasteiger charge is 2.29. The maximum absolute atomic E-state index is 12.6. The largest absolute Gasteiger partial charge is 0.416 e. The van der Waals surface area contributed by atoms with E-state index in [0.717, 1.165) is 17.7 Å². The van der Waals surface area contributed by atoms with Crippen LogP contribution in [0.15, 0.2) is 67.0 Å². The molecule has 0 unspecified atom stereocenters. The van der Waals surface area contributed by atoms with Crippen LogP contribution < -0.4 is 10.6 Å². The Bertz CT molecular complexity index is 895. The number of amides is 1. The van der Waals surface area contributed by atoms with Crippen LogP contribution in [0.5, 0.6) is 0 Å². The standard InChI is InChI=1S/C19H15F3N4O/c20-19(21,22)15-6-8-16(9-7-15)26-18-24-11-14(12-25-18)17(27)23-10-13-4-2-1-3-5-13/h1-9,11-12H,10H2,(H,23,27)(H,24,25,26). The molecule has 0 aliphatic rings.